The van der Waals surface area contributed by atoms with Gasteiger partial charge in [-0.3, -0.25) is 4.79 Å². The Morgan fingerprint density at radius 1 is 1.20 bits per heavy atom. The van der Waals surface area contributed by atoms with E-state index in [2.05, 4.69) is 10.2 Å². The number of halogens is 2. The van der Waals surface area contributed by atoms with Crippen LogP contribution in [0.25, 0.3) is 0 Å². The number of aliphatic hydroxyl groups excluding tert-OH is 1. The average molecular weight is 527 g/mol. The Bertz CT molecular complexity index is 913. The molecule has 194 valence electrons. The normalized spacial score (nSPS) is 23.3. The lowest BCUT2D eigenvalue weighted by atomic mass is 9.90. The third-order valence-corrected chi connectivity index (χ3v) is 8.52. The molecule has 0 unspecified atom stereocenters. The largest absolute Gasteiger partial charge is 0.391 e. The molecule has 2 N–H and O–H groups in total. The number of carbonyl (C=O) groups excluding carboxylic acids is 2. The Hall–Kier alpha value is -1.58. The van der Waals surface area contributed by atoms with Gasteiger partial charge >= 0.3 is 6.03 Å². The second-order valence-corrected chi connectivity index (χ2v) is 10.9. The van der Waals surface area contributed by atoms with Gasteiger partial charge in [-0.05, 0) is 55.3 Å². The van der Waals surface area contributed by atoms with Crippen LogP contribution in [0.5, 0.6) is 0 Å². The van der Waals surface area contributed by atoms with E-state index in [0.29, 0.717) is 49.4 Å². The number of urea groups is 1. The van der Waals surface area contributed by atoms with E-state index in [1.165, 1.54) is 0 Å². The zero-order valence-electron chi connectivity index (χ0n) is 20.3. The van der Waals surface area contributed by atoms with E-state index < -0.39 is 0 Å². The molecule has 1 aromatic rings. The molecule has 1 spiro atoms. The van der Waals surface area contributed by atoms with Crippen molar-refractivity contribution < 1.29 is 19.4 Å². The van der Waals surface area contributed by atoms with E-state index in [0.717, 1.165) is 44.3 Å². The summed E-state index contributed by atoms with van der Waals surface area (Å²) in [7, 11) is 1.65. The van der Waals surface area contributed by atoms with Crippen molar-refractivity contribution in [1.29, 1.82) is 0 Å². The van der Waals surface area contributed by atoms with E-state index >= 15 is 0 Å². The van der Waals surface area contributed by atoms with Crippen molar-refractivity contribution in [2.24, 2.45) is 5.41 Å². The fourth-order valence-electron chi connectivity index (χ4n) is 5.24. The summed E-state index contributed by atoms with van der Waals surface area (Å²) in [6.07, 6.45) is 4.17. The fraction of sp³-hybridized carbons (Fsp3) is 0.680. The number of methoxy groups -OCH3 is 1. The van der Waals surface area contributed by atoms with Crippen molar-refractivity contribution in [2.75, 3.05) is 53.0 Å². The zero-order valence-corrected chi connectivity index (χ0v) is 21.9. The number of benzene rings is 1. The molecule has 0 aromatic heterocycles. The predicted octanol–water partition coefficient (Wildman–Crippen LogP) is 2.99. The number of rotatable bonds is 8. The summed E-state index contributed by atoms with van der Waals surface area (Å²) in [4.78, 5) is 31.6. The summed E-state index contributed by atoms with van der Waals surface area (Å²) in [5, 5.41) is 14.3. The van der Waals surface area contributed by atoms with E-state index in [1.54, 1.807) is 24.1 Å². The molecule has 2 saturated heterocycles. The smallest absolute Gasteiger partial charge is 0.317 e. The molecule has 0 bridgehead atoms. The zero-order chi connectivity index (χ0) is 25.0. The van der Waals surface area contributed by atoms with Gasteiger partial charge in [0.15, 0.2) is 0 Å². The summed E-state index contributed by atoms with van der Waals surface area (Å²) in [6, 6.07) is 5.01. The highest BCUT2D eigenvalue weighted by Crippen LogP contribution is 2.53. The van der Waals surface area contributed by atoms with Gasteiger partial charge in [-0.25, -0.2) is 4.79 Å². The monoisotopic (exact) mass is 526 g/mol. The van der Waals surface area contributed by atoms with E-state index in [4.69, 9.17) is 27.9 Å². The van der Waals surface area contributed by atoms with Gasteiger partial charge in [0.2, 0.25) is 5.91 Å². The van der Waals surface area contributed by atoms with Gasteiger partial charge in [0, 0.05) is 52.8 Å². The second-order valence-electron chi connectivity index (χ2n) is 10.1. The number of carbonyl (C=O) groups is 2. The van der Waals surface area contributed by atoms with E-state index in [9.17, 15) is 14.7 Å². The van der Waals surface area contributed by atoms with Gasteiger partial charge in [0.1, 0.15) is 0 Å². The first kappa shape index (κ1) is 26.5. The van der Waals surface area contributed by atoms with Crippen molar-refractivity contribution in [1.82, 2.24) is 20.0 Å². The van der Waals surface area contributed by atoms with Gasteiger partial charge in [-0.15, -0.1) is 0 Å². The van der Waals surface area contributed by atoms with Gasteiger partial charge < -0.3 is 29.9 Å². The topological polar surface area (TPSA) is 85.3 Å². The van der Waals surface area contributed by atoms with Gasteiger partial charge in [0.25, 0.3) is 0 Å². The highest BCUT2D eigenvalue weighted by molar-refractivity contribution is 6.42. The third kappa shape index (κ3) is 6.60. The molecule has 0 radical (unpaired) electrons. The van der Waals surface area contributed by atoms with Gasteiger partial charge in [-0.1, -0.05) is 29.3 Å². The van der Waals surface area contributed by atoms with E-state index in [1.807, 2.05) is 11.0 Å². The first-order chi connectivity index (χ1) is 16.8. The van der Waals surface area contributed by atoms with Crippen molar-refractivity contribution in [3.63, 3.8) is 0 Å². The number of nitrogens with one attached hydrogen (secondary N) is 1. The Labute approximate surface area is 217 Å². The molecule has 1 aromatic carbocycles. The minimum Gasteiger partial charge on any atom is -0.391 e. The van der Waals surface area contributed by atoms with E-state index in [-0.39, 0.29) is 35.9 Å². The number of amides is 3. The van der Waals surface area contributed by atoms with Crippen LogP contribution in [0, 0.1) is 5.41 Å². The number of nitrogens with zero attached hydrogens (tertiary/aromatic N) is 3. The molecular formula is C25H36Cl2N4O4. The Kier molecular flexibility index (Phi) is 8.81. The van der Waals surface area contributed by atoms with Gasteiger partial charge in [-0.2, -0.15) is 0 Å². The predicted molar refractivity (Wildman–Crippen MR) is 136 cm³/mol. The summed E-state index contributed by atoms with van der Waals surface area (Å²) in [5.41, 5.74) is 1.04. The van der Waals surface area contributed by atoms with Crippen molar-refractivity contribution in [3.05, 3.63) is 33.8 Å². The molecule has 2 aliphatic heterocycles. The molecule has 10 heteroatoms. The van der Waals surface area contributed by atoms with Crippen LogP contribution in [-0.4, -0.2) is 96.9 Å². The molecule has 1 saturated carbocycles. The van der Waals surface area contributed by atoms with Crippen molar-refractivity contribution in [3.8, 4) is 0 Å². The number of piperidine rings is 1. The first-order valence-corrected chi connectivity index (χ1v) is 13.2. The van der Waals surface area contributed by atoms with Crippen LogP contribution in [0.15, 0.2) is 18.2 Å². The third-order valence-electron chi connectivity index (χ3n) is 7.78. The highest BCUT2D eigenvalue weighted by Gasteiger charge is 2.51. The number of aliphatic hydroxyl groups is 1. The van der Waals surface area contributed by atoms with Crippen molar-refractivity contribution in [2.45, 2.75) is 50.8 Å². The van der Waals surface area contributed by atoms with Crippen LogP contribution < -0.4 is 5.32 Å². The second kappa shape index (κ2) is 11.6. The van der Waals surface area contributed by atoms with Crippen LogP contribution in [0.2, 0.25) is 10.0 Å². The van der Waals surface area contributed by atoms with Crippen molar-refractivity contribution >= 4 is 35.1 Å². The maximum atomic E-state index is 13.0. The summed E-state index contributed by atoms with van der Waals surface area (Å²) < 4.78 is 5.46. The Morgan fingerprint density at radius 3 is 2.69 bits per heavy atom. The number of hydrogen-bond donors (Lipinski definition) is 2. The van der Waals surface area contributed by atoms with Crippen LogP contribution in [0.4, 0.5) is 4.79 Å². The number of β-amino-alcohol motifs (C(OH)–C–C–N with tert-alkyl or cyclic N) is 1. The molecule has 35 heavy (non-hydrogen) atoms. The average Bonchev–Trinajstić information content (AvgIpc) is 3.64. The molecular weight excluding hydrogens is 491 g/mol. The standard InChI is InChI=1S/C25H36Cl2N4O4/c1-35-17-19(4-9-29-11-8-25(6-7-25)22(32)16-29)31-13-12-30(10-5-23(31)33)24(34)28-15-18-2-3-20(26)21(27)14-18/h2-3,14,19,22,32H,4-13,15-17H2,1H3,(H,28,34)/t19-,22-/m1/s1. The Morgan fingerprint density at radius 2 is 2.00 bits per heavy atom. The number of likely N-dealkylation sites (tertiary alicyclic amines) is 1. The van der Waals surface area contributed by atoms with Crippen LogP contribution in [0.1, 0.15) is 37.7 Å². The lowest BCUT2D eigenvalue weighted by Crippen LogP contribution is -2.49. The first-order valence-electron chi connectivity index (χ1n) is 12.5. The lowest BCUT2D eigenvalue weighted by Gasteiger charge is -2.38. The molecule has 8 nitrogen and oxygen atoms in total. The molecule has 3 aliphatic rings. The number of hydrogen-bond acceptors (Lipinski definition) is 5. The minimum absolute atomic E-state index is 0.0439. The SMILES string of the molecule is COC[C@@H](CCN1CCC2(CC2)[C@H](O)C1)N1CCN(C(=O)NCc2ccc(Cl)c(Cl)c2)CCC1=O. The minimum atomic E-state index is -0.243. The molecule has 3 amide bonds. The summed E-state index contributed by atoms with van der Waals surface area (Å²) >= 11 is 12.0. The van der Waals surface area contributed by atoms with Crippen LogP contribution >= 0.6 is 23.2 Å². The molecule has 4 rings (SSSR count). The highest BCUT2D eigenvalue weighted by atomic mass is 35.5. The maximum absolute atomic E-state index is 13.0. The number of ether oxygens (including phenoxy) is 1. The Balaban J connectivity index is 1.28. The molecule has 2 atom stereocenters. The fourth-order valence-corrected chi connectivity index (χ4v) is 5.57. The van der Waals surface area contributed by atoms with Crippen LogP contribution in [-0.2, 0) is 16.1 Å². The quantitative estimate of drug-likeness (QED) is 0.543. The molecule has 2 heterocycles. The summed E-state index contributed by atoms with van der Waals surface area (Å²) in [6.45, 7) is 4.62. The molecule has 3 fully saturated rings. The molecule has 1 aliphatic carbocycles. The van der Waals surface area contributed by atoms with Crippen LogP contribution in [0.3, 0.4) is 0 Å². The van der Waals surface area contributed by atoms with Gasteiger partial charge in [0.05, 0.1) is 28.8 Å². The summed E-state index contributed by atoms with van der Waals surface area (Å²) in [5.74, 6) is 0.0439. The maximum Gasteiger partial charge on any atom is 0.317 e. The lowest BCUT2D eigenvalue weighted by molar-refractivity contribution is -0.134.